The van der Waals surface area contributed by atoms with Crippen molar-refractivity contribution in [2.24, 2.45) is 0 Å². The van der Waals surface area contributed by atoms with Crippen LogP contribution in [-0.2, 0) is 4.79 Å². The third kappa shape index (κ3) is 3.57. The van der Waals surface area contributed by atoms with Crippen molar-refractivity contribution in [3.05, 3.63) is 82.6 Å². The Kier molecular flexibility index (Phi) is 5.01. The van der Waals surface area contributed by atoms with Crippen molar-refractivity contribution in [3.8, 4) is 28.7 Å². The number of hydrogen-bond donors (Lipinski definition) is 1. The van der Waals surface area contributed by atoms with E-state index in [9.17, 15) is 14.7 Å². The molecule has 0 radical (unpaired) electrons. The average Bonchev–Trinajstić information content (AvgIpc) is 3.13. The summed E-state index contributed by atoms with van der Waals surface area (Å²) in [6, 6.07) is 15.2. The van der Waals surface area contributed by atoms with Crippen molar-refractivity contribution in [1.82, 2.24) is 0 Å². The van der Waals surface area contributed by atoms with Crippen molar-refractivity contribution in [2.45, 2.75) is 12.3 Å². The Labute approximate surface area is 189 Å². The first-order valence-electron chi connectivity index (χ1n) is 10.3. The number of allylic oxidation sites excluding steroid dienone is 1. The fraction of sp³-hybridized carbons (Fsp3) is 0.154. The Morgan fingerprint density at radius 2 is 1.85 bits per heavy atom. The second kappa shape index (κ2) is 8.02. The summed E-state index contributed by atoms with van der Waals surface area (Å²) in [7, 11) is 3.10. The molecule has 2 aliphatic heterocycles. The third-order valence-electron chi connectivity index (χ3n) is 5.78. The van der Waals surface area contributed by atoms with Gasteiger partial charge in [-0.15, -0.1) is 0 Å². The summed E-state index contributed by atoms with van der Waals surface area (Å²) in [6.07, 6.45) is 1.68. The highest BCUT2D eigenvalue weighted by molar-refractivity contribution is 6.15. The van der Waals surface area contributed by atoms with Crippen LogP contribution < -0.4 is 18.9 Å². The minimum Gasteiger partial charge on any atom is -0.508 e. The molecule has 0 amide bonds. The van der Waals surface area contributed by atoms with E-state index in [2.05, 4.69) is 0 Å². The number of fused-ring (bicyclic) bond motifs is 3. The zero-order valence-corrected chi connectivity index (χ0v) is 18.0. The molecule has 7 heteroatoms. The molecule has 0 fully saturated rings. The van der Waals surface area contributed by atoms with Crippen molar-refractivity contribution in [1.29, 1.82) is 0 Å². The summed E-state index contributed by atoms with van der Waals surface area (Å²) in [5, 5.41) is 9.95. The molecule has 1 atom stereocenters. The first-order valence-corrected chi connectivity index (χ1v) is 10.3. The fourth-order valence-corrected chi connectivity index (χ4v) is 4.21. The largest absolute Gasteiger partial charge is 0.508 e. The standard InChI is InChI=1S/C26H20O7/c1-30-17-7-6-15(21(12-17)31-2)11-22-25(29)18-8-9-20-24(26(18)33-22)19(13-23(28)32-20)14-4-3-5-16(27)10-14/h3-12,19,27H,13H2,1-2H3/b22-11-. The number of ketones is 1. The van der Waals surface area contributed by atoms with Crippen LogP contribution in [0.4, 0.5) is 0 Å². The molecule has 3 aromatic rings. The van der Waals surface area contributed by atoms with E-state index in [0.29, 0.717) is 39.7 Å². The van der Waals surface area contributed by atoms with Gasteiger partial charge < -0.3 is 24.1 Å². The van der Waals surface area contributed by atoms with Crippen LogP contribution in [0.1, 0.15) is 39.4 Å². The highest BCUT2D eigenvalue weighted by Crippen LogP contribution is 2.49. The number of benzene rings is 3. The first-order chi connectivity index (χ1) is 16.0. The van der Waals surface area contributed by atoms with Crippen molar-refractivity contribution < 1.29 is 33.6 Å². The molecular formula is C26H20O7. The van der Waals surface area contributed by atoms with Gasteiger partial charge >= 0.3 is 5.97 Å². The lowest BCUT2D eigenvalue weighted by atomic mass is 9.84. The predicted octanol–water partition coefficient (Wildman–Crippen LogP) is 4.47. The van der Waals surface area contributed by atoms with Crippen LogP contribution in [0, 0.1) is 0 Å². The number of aromatic hydroxyl groups is 1. The maximum Gasteiger partial charge on any atom is 0.312 e. The predicted molar refractivity (Wildman–Crippen MR) is 119 cm³/mol. The van der Waals surface area contributed by atoms with Crippen molar-refractivity contribution in [2.75, 3.05) is 14.2 Å². The number of ether oxygens (including phenoxy) is 4. The Balaban J connectivity index is 1.60. The fourth-order valence-electron chi connectivity index (χ4n) is 4.21. The van der Waals surface area contributed by atoms with Gasteiger partial charge in [0.1, 0.15) is 28.7 Å². The molecule has 166 valence electrons. The first kappa shape index (κ1) is 20.6. The van der Waals surface area contributed by atoms with Crippen molar-refractivity contribution in [3.63, 3.8) is 0 Å². The van der Waals surface area contributed by atoms with Gasteiger partial charge in [0.15, 0.2) is 5.76 Å². The molecule has 0 aliphatic carbocycles. The highest BCUT2D eigenvalue weighted by Gasteiger charge is 2.38. The lowest BCUT2D eigenvalue weighted by Crippen LogP contribution is -2.21. The van der Waals surface area contributed by atoms with Gasteiger partial charge in [-0.2, -0.15) is 0 Å². The molecule has 0 saturated carbocycles. The molecule has 0 saturated heterocycles. The van der Waals surface area contributed by atoms with Gasteiger partial charge in [0, 0.05) is 23.1 Å². The molecule has 0 bridgehead atoms. The molecule has 7 nitrogen and oxygen atoms in total. The summed E-state index contributed by atoms with van der Waals surface area (Å²) in [5.41, 5.74) is 2.37. The lowest BCUT2D eigenvalue weighted by molar-refractivity contribution is -0.135. The van der Waals surface area contributed by atoms with Gasteiger partial charge in [0.2, 0.25) is 5.78 Å². The number of Topliss-reactive ketones (excluding diaryl/α,β-unsaturated/α-hetero) is 1. The van der Waals surface area contributed by atoms with E-state index in [4.69, 9.17) is 18.9 Å². The summed E-state index contributed by atoms with van der Waals surface area (Å²) < 4.78 is 22.2. The third-order valence-corrected chi connectivity index (χ3v) is 5.78. The smallest absolute Gasteiger partial charge is 0.312 e. The van der Waals surface area contributed by atoms with Gasteiger partial charge in [-0.1, -0.05) is 12.1 Å². The highest BCUT2D eigenvalue weighted by atomic mass is 16.5. The summed E-state index contributed by atoms with van der Waals surface area (Å²) in [4.78, 5) is 25.4. The average molecular weight is 444 g/mol. The minimum atomic E-state index is -0.425. The van der Waals surface area contributed by atoms with E-state index >= 15 is 0 Å². The number of esters is 1. The quantitative estimate of drug-likeness (QED) is 0.361. The molecule has 0 spiro atoms. The normalized spacial score (nSPS) is 17.8. The number of hydrogen-bond acceptors (Lipinski definition) is 7. The van der Waals surface area contributed by atoms with Crippen LogP contribution in [0.15, 0.2) is 60.4 Å². The van der Waals surface area contributed by atoms with Crippen LogP contribution in [0.25, 0.3) is 6.08 Å². The van der Waals surface area contributed by atoms with E-state index in [0.717, 1.165) is 5.56 Å². The summed E-state index contributed by atoms with van der Waals surface area (Å²) in [5.74, 6) is 0.982. The van der Waals surface area contributed by atoms with Crippen molar-refractivity contribution >= 4 is 17.8 Å². The molecule has 2 aliphatic rings. The summed E-state index contributed by atoms with van der Waals surface area (Å²) >= 11 is 0. The number of carbonyl (C=O) groups excluding carboxylic acids is 2. The number of methoxy groups -OCH3 is 2. The SMILES string of the molecule is COc1ccc(/C=C2\Oc3c(ccc4c3C(c3cccc(O)c3)CC(=O)O4)C2=O)c(OC)c1. The molecule has 3 aromatic carbocycles. The number of carbonyl (C=O) groups is 2. The molecule has 1 unspecified atom stereocenters. The number of phenols is 1. The molecule has 1 N–H and O–H groups in total. The second-order valence-corrected chi connectivity index (χ2v) is 7.73. The van der Waals surface area contributed by atoms with Crippen LogP contribution in [0.2, 0.25) is 0 Å². The van der Waals surface area contributed by atoms with Gasteiger partial charge in [-0.05, 0) is 48.0 Å². The zero-order valence-electron chi connectivity index (χ0n) is 18.0. The molecule has 0 aromatic heterocycles. The van der Waals surface area contributed by atoms with Crippen LogP contribution >= 0.6 is 0 Å². The Morgan fingerprint density at radius 1 is 1.00 bits per heavy atom. The van der Waals surface area contributed by atoms with E-state index in [1.165, 1.54) is 7.11 Å². The van der Waals surface area contributed by atoms with Gasteiger partial charge in [-0.25, -0.2) is 0 Å². The Bertz CT molecular complexity index is 1320. The number of phenolic OH excluding ortho intramolecular Hbond substituents is 1. The molecule has 2 heterocycles. The zero-order chi connectivity index (χ0) is 23.1. The Hall–Kier alpha value is -4.26. The lowest BCUT2D eigenvalue weighted by Gasteiger charge is -2.26. The van der Waals surface area contributed by atoms with Crippen LogP contribution in [-0.4, -0.2) is 31.1 Å². The topological polar surface area (TPSA) is 91.3 Å². The molecule has 33 heavy (non-hydrogen) atoms. The maximum absolute atomic E-state index is 13.2. The summed E-state index contributed by atoms with van der Waals surface area (Å²) in [6.45, 7) is 0. The van der Waals surface area contributed by atoms with Gasteiger partial charge in [0.25, 0.3) is 0 Å². The van der Waals surface area contributed by atoms with Gasteiger partial charge in [0.05, 0.1) is 26.2 Å². The van der Waals surface area contributed by atoms with E-state index < -0.39 is 5.92 Å². The Morgan fingerprint density at radius 3 is 2.61 bits per heavy atom. The van der Waals surface area contributed by atoms with E-state index in [1.807, 2.05) is 6.07 Å². The second-order valence-electron chi connectivity index (χ2n) is 7.73. The molecular weight excluding hydrogens is 424 g/mol. The monoisotopic (exact) mass is 444 g/mol. The van der Waals surface area contributed by atoms with Crippen LogP contribution in [0.3, 0.4) is 0 Å². The number of rotatable bonds is 4. The maximum atomic E-state index is 13.2. The van der Waals surface area contributed by atoms with Crippen LogP contribution in [0.5, 0.6) is 28.7 Å². The van der Waals surface area contributed by atoms with Gasteiger partial charge in [-0.3, -0.25) is 9.59 Å². The minimum absolute atomic E-state index is 0.0653. The molecule has 5 rings (SSSR count). The van der Waals surface area contributed by atoms with E-state index in [1.54, 1.807) is 61.7 Å². The van der Waals surface area contributed by atoms with E-state index in [-0.39, 0.29) is 29.7 Å².